The second-order valence-corrected chi connectivity index (χ2v) is 6.25. The zero-order valence-corrected chi connectivity index (χ0v) is 11.9. The first-order valence-corrected chi connectivity index (χ1v) is 7.74. The highest BCUT2D eigenvalue weighted by Crippen LogP contribution is 2.25. The Morgan fingerprint density at radius 3 is 2.10 bits per heavy atom. The number of nitrogens with two attached hydrogens (primary N) is 1. The molecule has 6 heteroatoms. The average Bonchev–Trinajstić information content (AvgIpc) is 2.92. The van der Waals surface area contributed by atoms with Gasteiger partial charge in [0.1, 0.15) is 5.82 Å². The molecule has 0 aliphatic carbocycles. The molecule has 0 fully saturated rings. The van der Waals surface area contributed by atoms with Gasteiger partial charge >= 0.3 is 0 Å². The second kappa shape index (κ2) is 5.06. The first-order chi connectivity index (χ1) is 10.1. The van der Waals surface area contributed by atoms with Gasteiger partial charge in [0.2, 0.25) is 0 Å². The molecule has 1 heterocycles. The van der Waals surface area contributed by atoms with E-state index >= 15 is 0 Å². The van der Waals surface area contributed by atoms with Gasteiger partial charge in [-0.3, -0.25) is 0 Å². The summed E-state index contributed by atoms with van der Waals surface area (Å²) in [5.74, 6) is 0.161. The third-order valence-corrected chi connectivity index (χ3v) is 4.64. The summed E-state index contributed by atoms with van der Waals surface area (Å²) in [4.78, 5) is 0.172. The van der Waals surface area contributed by atoms with E-state index in [-0.39, 0.29) is 10.7 Å². The minimum Gasteiger partial charge on any atom is -0.382 e. The van der Waals surface area contributed by atoms with Gasteiger partial charge in [-0.05, 0) is 12.1 Å². The maximum absolute atomic E-state index is 12.7. The molecule has 0 amide bonds. The molecule has 3 aromatic rings. The lowest BCUT2D eigenvalue weighted by Gasteiger charge is -2.08. The Balaban J connectivity index is 2.21. The van der Waals surface area contributed by atoms with Gasteiger partial charge in [-0.1, -0.05) is 48.5 Å². The first kappa shape index (κ1) is 13.4. The van der Waals surface area contributed by atoms with Crippen molar-refractivity contribution in [3.63, 3.8) is 0 Å². The van der Waals surface area contributed by atoms with Crippen LogP contribution >= 0.6 is 0 Å². The average molecular weight is 299 g/mol. The summed E-state index contributed by atoms with van der Waals surface area (Å²) in [5.41, 5.74) is 6.87. The predicted molar refractivity (Wildman–Crippen MR) is 81.1 cm³/mol. The number of benzene rings is 2. The summed E-state index contributed by atoms with van der Waals surface area (Å²) >= 11 is 0. The van der Waals surface area contributed by atoms with Crippen LogP contribution in [0.2, 0.25) is 0 Å². The van der Waals surface area contributed by atoms with E-state index < -0.39 is 10.0 Å². The van der Waals surface area contributed by atoms with Crippen LogP contribution < -0.4 is 5.73 Å². The zero-order chi connectivity index (χ0) is 14.9. The van der Waals surface area contributed by atoms with Crippen LogP contribution in [0.1, 0.15) is 0 Å². The van der Waals surface area contributed by atoms with Crippen molar-refractivity contribution in [3.8, 4) is 11.3 Å². The molecule has 1 aromatic heterocycles. The van der Waals surface area contributed by atoms with E-state index in [0.29, 0.717) is 5.69 Å². The Morgan fingerprint density at radius 2 is 1.48 bits per heavy atom. The fourth-order valence-corrected chi connectivity index (χ4v) is 3.38. The van der Waals surface area contributed by atoms with Crippen molar-refractivity contribution in [3.05, 3.63) is 66.7 Å². The van der Waals surface area contributed by atoms with Gasteiger partial charge < -0.3 is 5.73 Å². The van der Waals surface area contributed by atoms with E-state index in [1.807, 2.05) is 30.3 Å². The van der Waals surface area contributed by atoms with E-state index in [0.717, 1.165) is 9.65 Å². The molecule has 0 spiro atoms. The molecule has 0 radical (unpaired) electrons. The zero-order valence-electron chi connectivity index (χ0n) is 11.0. The molecule has 0 aliphatic heterocycles. The van der Waals surface area contributed by atoms with Gasteiger partial charge in [0, 0.05) is 11.6 Å². The Labute approximate surface area is 122 Å². The highest BCUT2D eigenvalue weighted by Gasteiger charge is 2.22. The van der Waals surface area contributed by atoms with Crippen molar-refractivity contribution in [1.29, 1.82) is 0 Å². The van der Waals surface area contributed by atoms with Gasteiger partial charge in [-0.2, -0.15) is 12.5 Å². The van der Waals surface area contributed by atoms with Crippen molar-refractivity contribution in [2.45, 2.75) is 4.90 Å². The summed E-state index contributed by atoms with van der Waals surface area (Å²) in [6, 6.07) is 18.9. The van der Waals surface area contributed by atoms with Crippen molar-refractivity contribution >= 4 is 15.8 Å². The molecule has 0 saturated carbocycles. The predicted octanol–water partition coefficient (Wildman–Crippen LogP) is 2.37. The monoisotopic (exact) mass is 299 g/mol. The van der Waals surface area contributed by atoms with E-state index in [4.69, 9.17) is 5.73 Å². The van der Waals surface area contributed by atoms with Crippen molar-refractivity contribution in [2.75, 3.05) is 5.73 Å². The van der Waals surface area contributed by atoms with Gasteiger partial charge in [0.05, 0.1) is 10.6 Å². The summed E-state index contributed by atoms with van der Waals surface area (Å²) in [6.45, 7) is 0. The van der Waals surface area contributed by atoms with Crippen LogP contribution in [0.15, 0.2) is 71.6 Å². The van der Waals surface area contributed by atoms with Gasteiger partial charge in [-0.25, -0.2) is 0 Å². The highest BCUT2D eigenvalue weighted by molar-refractivity contribution is 7.90. The fourth-order valence-electron chi connectivity index (χ4n) is 2.06. The quantitative estimate of drug-likeness (QED) is 0.805. The van der Waals surface area contributed by atoms with E-state index in [1.54, 1.807) is 24.3 Å². The summed E-state index contributed by atoms with van der Waals surface area (Å²) in [6.07, 6.45) is 0. The molecule has 0 bridgehead atoms. The molecule has 0 saturated heterocycles. The number of nitrogen functional groups attached to an aromatic ring is 1. The molecule has 106 valence electrons. The Hall–Kier alpha value is -2.60. The van der Waals surface area contributed by atoms with Crippen LogP contribution in [-0.2, 0) is 10.0 Å². The van der Waals surface area contributed by atoms with Crippen LogP contribution in [-0.4, -0.2) is 17.6 Å². The lowest BCUT2D eigenvalue weighted by molar-refractivity contribution is 0.581. The van der Waals surface area contributed by atoms with Crippen molar-refractivity contribution in [1.82, 2.24) is 9.19 Å². The minimum atomic E-state index is -3.77. The van der Waals surface area contributed by atoms with Crippen molar-refractivity contribution < 1.29 is 8.42 Å². The van der Waals surface area contributed by atoms with E-state index in [1.165, 1.54) is 12.1 Å². The van der Waals surface area contributed by atoms with Crippen molar-refractivity contribution in [2.24, 2.45) is 0 Å². The Bertz CT molecular complexity index is 856. The fraction of sp³-hybridized carbons (Fsp3) is 0. The number of nitrogens with zero attached hydrogens (tertiary/aromatic N) is 2. The normalized spacial score (nSPS) is 11.4. The van der Waals surface area contributed by atoms with Crippen LogP contribution in [0.3, 0.4) is 0 Å². The van der Waals surface area contributed by atoms with Crippen LogP contribution in [0.5, 0.6) is 0 Å². The van der Waals surface area contributed by atoms with Gasteiger partial charge in [0.25, 0.3) is 10.0 Å². The molecule has 5 nitrogen and oxygen atoms in total. The minimum absolute atomic E-state index is 0.161. The molecule has 0 aliphatic rings. The Kier molecular flexibility index (Phi) is 3.23. The maximum atomic E-state index is 12.7. The number of hydrogen-bond acceptors (Lipinski definition) is 4. The molecule has 0 unspecified atom stereocenters. The molecule has 2 N–H and O–H groups in total. The molecule has 3 rings (SSSR count). The van der Waals surface area contributed by atoms with Crippen LogP contribution in [0, 0.1) is 0 Å². The molecule has 21 heavy (non-hydrogen) atoms. The molecule has 0 atom stereocenters. The summed E-state index contributed by atoms with van der Waals surface area (Å²) in [5, 5.41) is 3.94. The van der Waals surface area contributed by atoms with E-state index in [9.17, 15) is 8.42 Å². The van der Waals surface area contributed by atoms with E-state index in [2.05, 4.69) is 5.10 Å². The largest absolute Gasteiger partial charge is 0.382 e. The molecular weight excluding hydrogens is 286 g/mol. The van der Waals surface area contributed by atoms with Gasteiger partial charge in [-0.15, -0.1) is 5.10 Å². The van der Waals surface area contributed by atoms with Gasteiger partial charge in [0.15, 0.2) is 0 Å². The number of rotatable bonds is 3. The SMILES string of the molecule is Nc1cc(-c2ccccc2)n(S(=O)(=O)c2ccccc2)n1. The maximum Gasteiger partial charge on any atom is 0.283 e. The molecule has 2 aromatic carbocycles. The second-order valence-electron chi connectivity index (χ2n) is 4.48. The lowest BCUT2D eigenvalue weighted by Crippen LogP contribution is -2.16. The third kappa shape index (κ3) is 2.41. The highest BCUT2D eigenvalue weighted by atomic mass is 32.2. The standard InChI is InChI=1S/C15H13N3O2S/c16-15-11-14(12-7-3-1-4-8-12)18(17-15)21(19,20)13-9-5-2-6-10-13/h1-11H,(H2,16,17). The molecular formula is C15H13N3O2S. The lowest BCUT2D eigenvalue weighted by atomic mass is 10.2. The summed E-state index contributed by atoms with van der Waals surface area (Å²) < 4.78 is 26.4. The van der Waals surface area contributed by atoms with Crippen LogP contribution in [0.25, 0.3) is 11.3 Å². The third-order valence-electron chi connectivity index (χ3n) is 3.04. The number of anilines is 1. The Morgan fingerprint density at radius 1 is 0.905 bits per heavy atom. The number of hydrogen-bond donors (Lipinski definition) is 1. The first-order valence-electron chi connectivity index (χ1n) is 6.30. The summed E-state index contributed by atoms with van der Waals surface area (Å²) in [7, 11) is -3.77. The number of aromatic nitrogens is 2. The topological polar surface area (TPSA) is 78.0 Å². The van der Waals surface area contributed by atoms with Crippen LogP contribution in [0.4, 0.5) is 5.82 Å². The smallest absolute Gasteiger partial charge is 0.283 e.